The van der Waals surface area contributed by atoms with Crippen molar-refractivity contribution in [2.24, 2.45) is 0 Å². The van der Waals surface area contributed by atoms with Crippen LogP contribution in [0.3, 0.4) is 0 Å². The number of rotatable bonds is 15. The van der Waals surface area contributed by atoms with Crippen LogP contribution in [0.4, 0.5) is 5.69 Å². The van der Waals surface area contributed by atoms with Crippen molar-refractivity contribution >= 4 is 23.5 Å². The van der Waals surface area contributed by atoms with Gasteiger partial charge in [0.25, 0.3) is 5.91 Å². The third kappa shape index (κ3) is 10.5. The number of aliphatic carboxylic acids is 1. The highest BCUT2D eigenvalue weighted by Gasteiger charge is 2.20. The number of hydrogen-bond donors (Lipinski definition) is 4. The van der Waals surface area contributed by atoms with Gasteiger partial charge in [-0.15, -0.1) is 0 Å². The van der Waals surface area contributed by atoms with Crippen LogP contribution in [-0.2, 0) is 25.5 Å². The van der Waals surface area contributed by atoms with Crippen LogP contribution < -0.4 is 20.7 Å². The third-order valence-corrected chi connectivity index (χ3v) is 4.51. The number of carbonyl (C=O) groups is 3. The normalized spacial score (nSPS) is 11.3. The number of carboxylic acid groups (broad SMARTS) is 1. The van der Waals surface area contributed by atoms with Crippen molar-refractivity contribution in [3.63, 3.8) is 0 Å². The second-order valence-corrected chi connectivity index (χ2v) is 7.16. The molecule has 0 bridgehead atoms. The quantitative estimate of drug-likeness (QED) is 0.233. The van der Waals surface area contributed by atoms with E-state index in [-0.39, 0.29) is 25.4 Å². The Morgan fingerprint density at radius 2 is 1.88 bits per heavy atom. The zero-order valence-electron chi connectivity index (χ0n) is 18.6. The SMILES string of the molecule is COCCNC(=O)C(NC(=O)CCc1cccnc1)Nc1ccc(OCCCC(=O)O)cc1. The largest absolute Gasteiger partial charge is 0.494 e. The molecular formula is C23H30N4O6. The van der Waals surface area contributed by atoms with E-state index in [1.807, 2.05) is 6.07 Å². The molecule has 2 rings (SSSR count). The Labute approximate surface area is 192 Å². The van der Waals surface area contributed by atoms with Crippen molar-refractivity contribution < 1.29 is 29.0 Å². The predicted molar refractivity (Wildman–Crippen MR) is 122 cm³/mol. The van der Waals surface area contributed by atoms with Crippen LogP contribution in [0, 0.1) is 0 Å². The minimum absolute atomic E-state index is 0.0417. The van der Waals surface area contributed by atoms with Crippen molar-refractivity contribution in [3.05, 3.63) is 54.4 Å². The molecular weight excluding hydrogens is 428 g/mol. The minimum atomic E-state index is -0.981. The lowest BCUT2D eigenvalue weighted by Crippen LogP contribution is -2.51. The van der Waals surface area contributed by atoms with Crippen molar-refractivity contribution in [1.29, 1.82) is 0 Å². The highest BCUT2D eigenvalue weighted by atomic mass is 16.5. The van der Waals surface area contributed by atoms with E-state index >= 15 is 0 Å². The number of anilines is 1. The predicted octanol–water partition coefficient (Wildman–Crippen LogP) is 1.57. The van der Waals surface area contributed by atoms with Gasteiger partial charge in [-0.3, -0.25) is 19.4 Å². The maximum Gasteiger partial charge on any atom is 0.303 e. The molecule has 10 heteroatoms. The van der Waals surface area contributed by atoms with Crippen LogP contribution >= 0.6 is 0 Å². The number of nitrogens with one attached hydrogen (secondary N) is 3. The van der Waals surface area contributed by atoms with Gasteiger partial charge in [0.1, 0.15) is 5.75 Å². The molecule has 0 aliphatic heterocycles. The summed E-state index contributed by atoms with van der Waals surface area (Å²) in [5.74, 6) is -0.963. The van der Waals surface area contributed by atoms with E-state index in [9.17, 15) is 14.4 Å². The number of methoxy groups -OCH3 is 1. The molecule has 0 radical (unpaired) electrons. The van der Waals surface area contributed by atoms with Crippen molar-refractivity contribution in [3.8, 4) is 5.75 Å². The summed E-state index contributed by atoms with van der Waals surface area (Å²) in [6, 6.07) is 10.5. The number of hydrogen-bond acceptors (Lipinski definition) is 7. The Morgan fingerprint density at radius 1 is 1.09 bits per heavy atom. The summed E-state index contributed by atoms with van der Waals surface area (Å²) in [5, 5.41) is 17.1. The molecule has 1 aromatic carbocycles. The second-order valence-electron chi connectivity index (χ2n) is 7.16. The van der Waals surface area contributed by atoms with E-state index in [2.05, 4.69) is 20.9 Å². The summed E-state index contributed by atoms with van der Waals surface area (Å²) < 4.78 is 10.5. The van der Waals surface area contributed by atoms with Gasteiger partial charge in [-0.25, -0.2) is 0 Å². The summed E-state index contributed by atoms with van der Waals surface area (Å²) >= 11 is 0. The van der Waals surface area contributed by atoms with Gasteiger partial charge in [-0.1, -0.05) is 6.07 Å². The highest BCUT2D eigenvalue weighted by molar-refractivity contribution is 5.89. The Balaban J connectivity index is 1.92. The Bertz CT molecular complexity index is 876. The first-order valence-electron chi connectivity index (χ1n) is 10.6. The van der Waals surface area contributed by atoms with Crippen LogP contribution in [0.25, 0.3) is 0 Å². The fourth-order valence-electron chi connectivity index (χ4n) is 2.81. The van der Waals surface area contributed by atoms with E-state index in [1.54, 1.807) is 42.7 Å². The van der Waals surface area contributed by atoms with Crippen LogP contribution in [0.5, 0.6) is 5.75 Å². The average Bonchev–Trinajstić information content (AvgIpc) is 2.81. The van der Waals surface area contributed by atoms with Crippen LogP contribution in [0.1, 0.15) is 24.8 Å². The Morgan fingerprint density at radius 3 is 2.55 bits per heavy atom. The molecule has 0 saturated carbocycles. The molecule has 1 heterocycles. The number of aryl methyl sites for hydroxylation is 1. The fraction of sp³-hybridized carbons (Fsp3) is 0.391. The topological polar surface area (TPSA) is 139 Å². The number of nitrogens with zero attached hydrogens (tertiary/aromatic N) is 1. The molecule has 0 fully saturated rings. The van der Waals surface area contributed by atoms with Gasteiger partial charge < -0.3 is 30.5 Å². The van der Waals surface area contributed by atoms with Gasteiger partial charge >= 0.3 is 5.97 Å². The zero-order valence-corrected chi connectivity index (χ0v) is 18.6. The zero-order chi connectivity index (χ0) is 23.9. The number of benzene rings is 1. The number of carboxylic acids is 1. The molecule has 10 nitrogen and oxygen atoms in total. The van der Waals surface area contributed by atoms with E-state index < -0.39 is 18.0 Å². The smallest absolute Gasteiger partial charge is 0.303 e. The maximum atomic E-state index is 12.6. The molecule has 0 saturated heterocycles. The molecule has 0 spiro atoms. The number of amides is 2. The van der Waals surface area contributed by atoms with E-state index in [4.69, 9.17) is 14.6 Å². The molecule has 1 unspecified atom stereocenters. The van der Waals surface area contributed by atoms with Crippen LogP contribution in [-0.4, -0.2) is 60.9 Å². The first kappa shape index (κ1) is 25.6. The van der Waals surface area contributed by atoms with E-state index in [0.717, 1.165) is 5.56 Å². The Hall–Kier alpha value is -3.66. The third-order valence-electron chi connectivity index (χ3n) is 4.51. The number of aromatic nitrogens is 1. The Kier molecular flexibility index (Phi) is 11.2. The summed E-state index contributed by atoms with van der Waals surface area (Å²) in [5.41, 5.74) is 1.54. The summed E-state index contributed by atoms with van der Waals surface area (Å²) in [7, 11) is 1.54. The molecule has 4 N–H and O–H groups in total. The summed E-state index contributed by atoms with van der Waals surface area (Å²) in [6.07, 6.45) is 3.55. The highest BCUT2D eigenvalue weighted by Crippen LogP contribution is 2.16. The lowest BCUT2D eigenvalue weighted by Gasteiger charge is -2.21. The summed E-state index contributed by atoms with van der Waals surface area (Å²) in [4.78, 5) is 39.6. The molecule has 1 atom stereocenters. The van der Waals surface area contributed by atoms with Gasteiger partial charge in [0, 0.05) is 44.6 Å². The van der Waals surface area contributed by atoms with Gasteiger partial charge in [0.15, 0.2) is 6.17 Å². The molecule has 2 aromatic rings. The fourth-order valence-corrected chi connectivity index (χ4v) is 2.81. The summed E-state index contributed by atoms with van der Waals surface area (Å²) in [6.45, 7) is 0.945. The first-order chi connectivity index (χ1) is 16.0. The molecule has 178 valence electrons. The molecule has 0 aliphatic carbocycles. The second kappa shape index (κ2) is 14.4. The molecule has 1 aromatic heterocycles. The lowest BCUT2D eigenvalue weighted by atomic mass is 10.1. The van der Waals surface area contributed by atoms with Crippen molar-refractivity contribution in [2.75, 3.05) is 32.2 Å². The van der Waals surface area contributed by atoms with Crippen molar-refractivity contribution in [1.82, 2.24) is 15.6 Å². The van der Waals surface area contributed by atoms with Gasteiger partial charge in [-0.2, -0.15) is 0 Å². The minimum Gasteiger partial charge on any atom is -0.494 e. The number of pyridine rings is 1. The van der Waals surface area contributed by atoms with Crippen molar-refractivity contribution in [2.45, 2.75) is 31.8 Å². The van der Waals surface area contributed by atoms with E-state index in [1.165, 1.54) is 7.11 Å². The number of carbonyl (C=O) groups excluding carboxylic acids is 2. The van der Waals surface area contributed by atoms with E-state index in [0.29, 0.717) is 37.4 Å². The molecule has 2 amide bonds. The standard InChI is InChI=1S/C23H30N4O6/c1-32-15-13-25-23(31)22(27-20(28)11-6-17-4-2-12-24-16-17)26-18-7-9-19(10-8-18)33-14-3-5-21(29)30/h2,4,7-10,12,16,22,26H,3,5-6,11,13-15H2,1H3,(H,25,31)(H,27,28)(H,29,30). The van der Waals surface area contributed by atoms with Crippen LogP contribution in [0.15, 0.2) is 48.8 Å². The first-order valence-corrected chi connectivity index (χ1v) is 10.6. The van der Waals surface area contributed by atoms with Gasteiger partial charge in [0.2, 0.25) is 5.91 Å². The lowest BCUT2D eigenvalue weighted by molar-refractivity contribution is -0.137. The van der Waals surface area contributed by atoms with Crippen LogP contribution in [0.2, 0.25) is 0 Å². The maximum absolute atomic E-state index is 12.6. The molecule has 33 heavy (non-hydrogen) atoms. The van der Waals surface area contributed by atoms with Gasteiger partial charge in [0.05, 0.1) is 13.2 Å². The molecule has 0 aliphatic rings. The number of ether oxygens (including phenoxy) is 2. The van der Waals surface area contributed by atoms with Gasteiger partial charge in [-0.05, 0) is 48.7 Å². The average molecular weight is 459 g/mol. The monoisotopic (exact) mass is 458 g/mol.